The molecule has 0 saturated carbocycles. The summed E-state index contributed by atoms with van der Waals surface area (Å²) in [5.41, 5.74) is 8.47. The van der Waals surface area contributed by atoms with Gasteiger partial charge in [0.2, 0.25) is 0 Å². The van der Waals surface area contributed by atoms with Gasteiger partial charge in [-0.05, 0) is 40.4 Å². The summed E-state index contributed by atoms with van der Waals surface area (Å²) in [6, 6.07) is 0.929. The van der Waals surface area contributed by atoms with Crippen LogP contribution in [0.4, 0.5) is 0 Å². The third-order valence-corrected chi connectivity index (χ3v) is 4.56. The van der Waals surface area contributed by atoms with Crippen LogP contribution in [0.15, 0.2) is 6.20 Å². The Labute approximate surface area is 116 Å². The van der Waals surface area contributed by atoms with Crippen molar-refractivity contribution in [3.8, 4) is 0 Å². The number of hydrogen-bond donors (Lipinski definition) is 1. The van der Waals surface area contributed by atoms with Gasteiger partial charge in [0.25, 0.3) is 0 Å². The first kappa shape index (κ1) is 14.5. The minimum Gasteiger partial charge on any atom is -0.329 e. The van der Waals surface area contributed by atoms with E-state index in [2.05, 4.69) is 35.9 Å². The Morgan fingerprint density at radius 3 is 2.74 bits per heavy atom. The maximum Gasteiger partial charge on any atom is 0.0540 e. The van der Waals surface area contributed by atoms with Gasteiger partial charge in [-0.25, -0.2) is 0 Å². The summed E-state index contributed by atoms with van der Waals surface area (Å²) in [5, 5.41) is 4.34. The van der Waals surface area contributed by atoms with Gasteiger partial charge >= 0.3 is 0 Å². The Kier molecular flexibility index (Phi) is 4.60. The third kappa shape index (κ3) is 2.99. The molecule has 2 atom stereocenters. The Morgan fingerprint density at radius 2 is 2.26 bits per heavy atom. The lowest BCUT2D eigenvalue weighted by molar-refractivity contribution is 0.179. The van der Waals surface area contributed by atoms with Crippen LogP contribution >= 0.6 is 0 Å². The number of likely N-dealkylation sites (tertiary alicyclic amines) is 1. The zero-order valence-electron chi connectivity index (χ0n) is 12.6. The number of likely N-dealkylation sites (N-methyl/N-ethyl adjacent to an activating group) is 2. The van der Waals surface area contributed by atoms with E-state index in [9.17, 15) is 0 Å². The fourth-order valence-electron chi connectivity index (χ4n) is 3.06. The summed E-state index contributed by atoms with van der Waals surface area (Å²) >= 11 is 0. The summed E-state index contributed by atoms with van der Waals surface area (Å²) in [5.74, 6) is 0. The van der Waals surface area contributed by atoms with Gasteiger partial charge < -0.3 is 10.6 Å². The molecule has 0 aliphatic carbocycles. The zero-order chi connectivity index (χ0) is 14.0. The first-order valence-corrected chi connectivity index (χ1v) is 7.13. The number of nitrogens with zero attached hydrogens (tertiary/aromatic N) is 4. The van der Waals surface area contributed by atoms with E-state index in [1.165, 1.54) is 30.6 Å². The Balaban J connectivity index is 2.06. The summed E-state index contributed by atoms with van der Waals surface area (Å²) in [6.07, 6.45) is 4.57. The lowest BCUT2D eigenvalue weighted by Gasteiger charge is -2.31. The smallest absolute Gasteiger partial charge is 0.0540 e. The fraction of sp³-hybridized carbons (Fsp3) is 0.786. The molecule has 2 heterocycles. The van der Waals surface area contributed by atoms with Crippen molar-refractivity contribution >= 4 is 0 Å². The number of aromatic nitrogens is 2. The van der Waals surface area contributed by atoms with Crippen molar-refractivity contribution in [2.24, 2.45) is 12.8 Å². The van der Waals surface area contributed by atoms with Crippen molar-refractivity contribution in [3.05, 3.63) is 17.5 Å². The molecule has 1 fully saturated rings. The molecule has 5 nitrogen and oxygen atoms in total. The predicted octanol–water partition coefficient (Wildman–Crippen LogP) is 0.754. The molecule has 1 aliphatic rings. The summed E-state index contributed by atoms with van der Waals surface area (Å²) < 4.78 is 1.92. The van der Waals surface area contributed by atoms with Gasteiger partial charge in [-0.2, -0.15) is 5.10 Å². The van der Waals surface area contributed by atoms with E-state index in [0.717, 1.165) is 6.54 Å². The molecule has 19 heavy (non-hydrogen) atoms. The highest BCUT2D eigenvalue weighted by atomic mass is 15.3. The van der Waals surface area contributed by atoms with Crippen molar-refractivity contribution < 1.29 is 0 Å². The van der Waals surface area contributed by atoms with Crippen LogP contribution in [0.5, 0.6) is 0 Å². The van der Waals surface area contributed by atoms with E-state index < -0.39 is 0 Å². The molecule has 2 N–H and O–H groups in total. The summed E-state index contributed by atoms with van der Waals surface area (Å²) in [7, 11) is 6.38. The second kappa shape index (κ2) is 6.03. The molecule has 0 spiro atoms. The molecule has 0 bridgehead atoms. The molecular formula is C14H27N5. The lowest BCUT2D eigenvalue weighted by atomic mass is 10.1. The molecule has 1 aromatic heterocycles. The number of aryl methyl sites for hydroxylation is 1. The van der Waals surface area contributed by atoms with Gasteiger partial charge in [0.05, 0.1) is 12.2 Å². The fourth-order valence-corrected chi connectivity index (χ4v) is 3.06. The molecule has 2 unspecified atom stereocenters. The van der Waals surface area contributed by atoms with Gasteiger partial charge in [-0.1, -0.05) is 0 Å². The number of rotatable bonds is 5. The van der Waals surface area contributed by atoms with E-state index in [0.29, 0.717) is 12.6 Å². The van der Waals surface area contributed by atoms with E-state index in [-0.39, 0.29) is 6.04 Å². The maximum absolute atomic E-state index is 6.00. The third-order valence-electron chi connectivity index (χ3n) is 4.56. The number of hydrogen-bond acceptors (Lipinski definition) is 4. The normalized spacial score (nSPS) is 22.3. The van der Waals surface area contributed by atoms with Crippen molar-refractivity contribution in [1.82, 2.24) is 19.6 Å². The molecule has 108 valence electrons. The van der Waals surface area contributed by atoms with Crippen molar-refractivity contribution in [2.45, 2.75) is 31.8 Å². The largest absolute Gasteiger partial charge is 0.329 e. The van der Waals surface area contributed by atoms with Crippen LogP contribution in [-0.2, 0) is 7.05 Å². The lowest BCUT2D eigenvalue weighted by Crippen LogP contribution is -2.40. The maximum atomic E-state index is 6.00. The van der Waals surface area contributed by atoms with E-state index in [4.69, 9.17) is 5.73 Å². The minimum absolute atomic E-state index is 0.266. The predicted molar refractivity (Wildman–Crippen MR) is 78.0 cm³/mol. The molecule has 1 aliphatic heterocycles. The molecule has 2 rings (SSSR count). The average molecular weight is 265 g/mol. The quantitative estimate of drug-likeness (QED) is 0.854. The van der Waals surface area contributed by atoms with Crippen LogP contribution in [0.2, 0.25) is 0 Å². The summed E-state index contributed by atoms with van der Waals surface area (Å²) in [4.78, 5) is 4.84. The highest BCUT2D eigenvalue weighted by Crippen LogP contribution is 2.24. The second-order valence-electron chi connectivity index (χ2n) is 5.78. The molecular weight excluding hydrogens is 238 g/mol. The topological polar surface area (TPSA) is 50.3 Å². The first-order valence-electron chi connectivity index (χ1n) is 7.13. The van der Waals surface area contributed by atoms with Gasteiger partial charge in [-0.3, -0.25) is 9.58 Å². The van der Waals surface area contributed by atoms with Gasteiger partial charge in [-0.15, -0.1) is 0 Å². The molecule has 1 aromatic rings. The second-order valence-corrected chi connectivity index (χ2v) is 5.78. The number of nitrogens with two attached hydrogens (primary N) is 1. The van der Waals surface area contributed by atoms with Crippen molar-refractivity contribution in [3.63, 3.8) is 0 Å². The Hall–Kier alpha value is -0.910. The molecule has 0 radical (unpaired) electrons. The Bertz CT molecular complexity index is 414. The van der Waals surface area contributed by atoms with Crippen LogP contribution in [0.3, 0.4) is 0 Å². The zero-order valence-corrected chi connectivity index (χ0v) is 12.6. The van der Waals surface area contributed by atoms with Crippen LogP contribution in [0.1, 0.15) is 30.1 Å². The average Bonchev–Trinajstić information content (AvgIpc) is 2.91. The first-order chi connectivity index (χ1) is 9.04. The standard InChI is InChI=1S/C14H27N5/c1-11-13(9-16-19(11)4)14(8-15)18(3)10-12-6-5-7-17(12)2/h9,12,14H,5-8,10,15H2,1-4H3. The van der Waals surface area contributed by atoms with Crippen LogP contribution in [0.25, 0.3) is 0 Å². The molecule has 0 aromatic carbocycles. The van der Waals surface area contributed by atoms with Crippen LogP contribution in [0, 0.1) is 6.92 Å². The highest BCUT2D eigenvalue weighted by molar-refractivity contribution is 5.21. The highest BCUT2D eigenvalue weighted by Gasteiger charge is 2.26. The molecule has 0 amide bonds. The SMILES string of the molecule is Cc1c(C(CN)N(C)CC2CCCN2C)cnn1C. The van der Waals surface area contributed by atoms with Crippen molar-refractivity contribution in [1.29, 1.82) is 0 Å². The summed E-state index contributed by atoms with van der Waals surface area (Å²) in [6.45, 7) is 5.05. The van der Waals surface area contributed by atoms with Gasteiger partial charge in [0, 0.05) is 37.4 Å². The van der Waals surface area contributed by atoms with Gasteiger partial charge in [0.15, 0.2) is 0 Å². The van der Waals surface area contributed by atoms with Crippen molar-refractivity contribution in [2.75, 3.05) is 33.7 Å². The molecule has 5 heteroatoms. The molecule has 1 saturated heterocycles. The monoisotopic (exact) mass is 265 g/mol. The van der Waals surface area contributed by atoms with Crippen LogP contribution < -0.4 is 5.73 Å². The van der Waals surface area contributed by atoms with E-state index >= 15 is 0 Å². The van der Waals surface area contributed by atoms with E-state index in [1.807, 2.05) is 17.9 Å². The minimum atomic E-state index is 0.266. The Morgan fingerprint density at radius 1 is 1.53 bits per heavy atom. The van der Waals surface area contributed by atoms with E-state index in [1.54, 1.807) is 0 Å². The van der Waals surface area contributed by atoms with Crippen LogP contribution in [-0.4, -0.2) is 59.4 Å². The van der Waals surface area contributed by atoms with Gasteiger partial charge in [0.1, 0.15) is 0 Å².